The molecule has 0 fully saturated rings. The summed E-state index contributed by atoms with van der Waals surface area (Å²) in [6.07, 6.45) is 0. The summed E-state index contributed by atoms with van der Waals surface area (Å²) in [5.41, 5.74) is 3.13. The van der Waals surface area contributed by atoms with Crippen molar-refractivity contribution >= 4 is 46.8 Å². The Morgan fingerprint density at radius 2 is 1.74 bits per heavy atom. The molecular formula is C24H30Cl2N2O2S. The van der Waals surface area contributed by atoms with Crippen LogP contribution in [0.5, 0.6) is 0 Å². The Morgan fingerprint density at radius 3 is 2.35 bits per heavy atom. The van der Waals surface area contributed by atoms with Crippen molar-refractivity contribution in [2.75, 3.05) is 12.3 Å². The van der Waals surface area contributed by atoms with Gasteiger partial charge in [-0.05, 0) is 43.0 Å². The van der Waals surface area contributed by atoms with Gasteiger partial charge < -0.3 is 10.2 Å². The second-order valence-electron chi connectivity index (χ2n) is 8.05. The van der Waals surface area contributed by atoms with E-state index in [-0.39, 0.29) is 24.1 Å². The standard InChI is InChI=1S/C24H30Cl2N2O2S/c1-16(2)12-27-24(30)18(4)28(13-20-9-10-21(25)11-22(20)26)23(29)15-31-14-19-7-5-17(3)6-8-19/h5-11,16,18H,12-15H2,1-4H3,(H,27,30). The molecule has 1 N–H and O–H groups in total. The number of benzene rings is 2. The molecule has 1 unspecified atom stereocenters. The van der Waals surface area contributed by atoms with Gasteiger partial charge in [-0.25, -0.2) is 0 Å². The van der Waals surface area contributed by atoms with Crippen LogP contribution in [0.2, 0.25) is 10.0 Å². The molecule has 7 heteroatoms. The van der Waals surface area contributed by atoms with Crippen LogP contribution in [0.15, 0.2) is 42.5 Å². The third-order valence-electron chi connectivity index (χ3n) is 4.82. The Bertz CT molecular complexity index is 888. The predicted octanol–water partition coefficient (Wildman–Crippen LogP) is 5.72. The van der Waals surface area contributed by atoms with Crippen LogP contribution in [0.25, 0.3) is 0 Å². The monoisotopic (exact) mass is 480 g/mol. The lowest BCUT2D eigenvalue weighted by Gasteiger charge is -2.29. The Labute approximate surface area is 199 Å². The molecule has 4 nitrogen and oxygen atoms in total. The Morgan fingerprint density at radius 1 is 1.06 bits per heavy atom. The zero-order chi connectivity index (χ0) is 23.0. The summed E-state index contributed by atoms with van der Waals surface area (Å²) in [5.74, 6) is 1.07. The number of halogens is 2. The second-order valence-corrected chi connectivity index (χ2v) is 9.88. The molecule has 0 spiro atoms. The molecular weight excluding hydrogens is 451 g/mol. The zero-order valence-electron chi connectivity index (χ0n) is 18.5. The van der Waals surface area contributed by atoms with Crippen molar-refractivity contribution in [2.45, 2.75) is 46.0 Å². The summed E-state index contributed by atoms with van der Waals surface area (Å²) in [4.78, 5) is 27.4. The molecule has 1 atom stereocenters. The van der Waals surface area contributed by atoms with Gasteiger partial charge in [-0.3, -0.25) is 9.59 Å². The minimum absolute atomic E-state index is 0.102. The molecule has 0 aliphatic rings. The maximum atomic E-state index is 13.1. The molecule has 31 heavy (non-hydrogen) atoms. The zero-order valence-corrected chi connectivity index (χ0v) is 20.8. The number of hydrogen-bond donors (Lipinski definition) is 1. The highest BCUT2D eigenvalue weighted by molar-refractivity contribution is 7.99. The fourth-order valence-corrected chi connectivity index (χ4v) is 4.23. The van der Waals surface area contributed by atoms with E-state index in [4.69, 9.17) is 23.2 Å². The van der Waals surface area contributed by atoms with Gasteiger partial charge in [0.05, 0.1) is 5.75 Å². The van der Waals surface area contributed by atoms with E-state index >= 15 is 0 Å². The second kappa shape index (κ2) is 12.4. The van der Waals surface area contributed by atoms with Crippen molar-refractivity contribution in [3.8, 4) is 0 Å². The number of hydrogen-bond acceptors (Lipinski definition) is 3. The smallest absolute Gasteiger partial charge is 0.242 e. The Kier molecular flexibility index (Phi) is 10.2. The summed E-state index contributed by atoms with van der Waals surface area (Å²) >= 11 is 13.9. The molecule has 0 heterocycles. The molecule has 0 radical (unpaired) electrons. The van der Waals surface area contributed by atoms with E-state index in [2.05, 4.69) is 29.6 Å². The molecule has 2 rings (SSSR count). The number of thioether (sulfide) groups is 1. The SMILES string of the molecule is Cc1ccc(CSCC(=O)N(Cc2ccc(Cl)cc2Cl)C(C)C(=O)NCC(C)C)cc1. The fraction of sp³-hybridized carbons (Fsp3) is 0.417. The minimum Gasteiger partial charge on any atom is -0.354 e. The first-order valence-electron chi connectivity index (χ1n) is 10.3. The van der Waals surface area contributed by atoms with Crippen molar-refractivity contribution < 1.29 is 9.59 Å². The number of rotatable bonds is 10. The van der Waals surface area contributed by atoms with Crippen molar-refractivity contribution in [2.24, 2.45) is 5.92 Å². The van der Waals surface area contributed by atoms with E-state index in [0.717, 1.165) is 11.3 Å². The van der Waals surface area contributed by atoms with Crippen molar-refractivity contribution in [1.29, 1.82) is 0 Å². The average molecular weight is 481 g/mol. The third-order valence-corrected chi connectivity index (χ3v) is 6.40. The van der Waals surface area contributed by atoms with Crippen LogP contribution in [-0.4, -0.2) is 35.1 Å². The van der Waals surface area contributed by atoms with Crippen LogP contribution in [0.4, 0.5) is 0 Å². The number of carbonyl (C=O) groups excluding carboxylic acids is 2. The highest BCUT2D eigenvalue weighted by atomic mass is 35.5. The largest absolute Gasteiger partial charge is 0.354 e. The van der Waals surface area contributed by atoms with Gasteiger partial charge in [0.25, 0.3) is 0 Å². The summed E-state index contributed by atoms with van der Waals surface area (Å²) in [7, 11) is 0. The molecule has 2 amide bonds. The summed E-state index contributed by atoms with van der Waals surface area (Å²) < 4.78 is 0. The van der Waals surface area contributed by atoms with Crippen LogP contribution < -0.4 is 5.32 Å². The van der Waals surface area contributed by atoms with Crippen LogP contribution in [0.1, 0.15) is 37.5 Å². The molecule has 0 saturated heterocycles. The topological polar surface area (TPSA) is 49.4 Å². The molecule has 0 saturated carbocycles. The van der Waals surface area contributed by atoms with E-state index in [1.165, 1.54) is 22.9 Å². The van der Waals surface area contributed by atoms with Gasteiger partial charge >= 0.3 is 0 Å². The Balaban J connectivity index is 2.09. The lowest BCUT2D eigenvalue weighted by molar-refractivity contribution is -0.138. The van der Waals surface area contributed by atoms with Crippen LogP contribution in [-0.2, 0) is 21.9 Å². The van der Waals surface area contributed by atoms with Crippen molar-refractivity contribution in [3.63, 3.8) is 0 Å². The first-order valence-corrected chi connectivity index (χ1v) is 12.2. The number of carbonyl (C=O) groups is 2. The quantitative estimate of drug-likeness (QED) is 0.472. The summed E-state index contributed by atoms with van der Waals surface area (Å²) in [6, 6.07) is 12.8. The average Bonchev–Trinajstić information content (AvgIpc) is 2.72. The maximum Gasteiger partial charge on any atom is 0.242 e. The molecule has 168 valence electrons. The van der Waals surface area contributed by atoms with E-state index in [9.17, 15) is 9.59 Å². The molecule has 2 aromatic carbocycles. The number of amides is 2. The summed E-state index contributed by atoms with van der Waals surface area (Å²) in [5, 5.41) is 3.93. The van der Waals surface area contributed by atoms with Gasteiger partial charge in [0.1, 0.15) is 6.04 Å². The van der Waals surface area contributed by atoms with Gasteiger partial charge in [-0.15, -0.1) is 11.8 Å². The maximum absolute atomic E-state index is 13.1. The van der Waals surface area contributed by atoms with Crippen LogP contribution in [0, 0.1) is 12.8 Å². The number of aryl methyl sites for hydroxylation is 1. The first-order chi connectivity index (χ1) is 14.7. The highest BCUT2D eigenvalue weighted by Gasteiger charge is 2.26. The van der Waals surface area contributed by atoms with E-state index in [1.54, 1.807) is 30.0 Å². The van der Waals surface area contributed by atoms with Gasteiger partial charge in [-0.1, -0.05) is 72.9 Å². The fourth-order valence-electron chi connectivity index (χ4n) is 2.89. The van der Waals surface area contributed by atoms with Gasteiger partial charge in [0.2, 0.25) is 11.8 Å². The van der Waals surface area contributed by atoms with Crippen LogP contribution >= 0.6 is 35.0 Å². The molecule has 2 aromatic rings. The van der Waals surface area contributed by atoms with Gasteiger partial charge in [0, 0.05) is 28.9 Å². The highest BCUT2D eigenvalue weighted by Crippen LogP contribution is 2.24. The molecule has 0 aromatic heterocycles. The number of nitrogens with one attached hydrogen (secondary N) is 1. The summed E-state index contributed by atoms with van der Waals surface area (Å²) in [6.45, 7) is 8.67. The van der Waals surface area contributed by atoms with E-state index < -0.39 is 6.04 Å². The van der Waals surface area contributed by atoms with Crippen LogP contribution in [0.3, 0.4) is 0 Å². The van der Waals surface area contributed by atoms with Gasteiger partial charge in [-0.2, -0.15) is 0 Å². The third kappa shape index (κ3) is 8.40. The minimum atomic E-state index is -0.613. The lowest BCUT2D eigenvalue weighted by Crippen LogP contribution is -2.48. The van der Waals surface area contributed by atoms with E-state index in [0.29, 0.717) is 22.5 Å². The molecule has 0 aliphatic carbocycles. The van der Waals surface area contributed by atoms with Crippen molar-refractivity contribution in [3.05, 3.63) is 69.2 Å². The first kappa shape index (κ1) is 25.6. The normalized spacial score (nSPS) is 12.0. The number of nitrogens with zero attached hydrogens (tertiary/aromatic N) is 1. The molecule has 0 aliphatic heterocycles. The molecule has 0 bridgehead atoms. The van der Waals surface area contributed by atoms with E-state index in [1.807, 2.05) is 20.8 Å². The lowest BCUT2D eigenvalue weighted by atomic mass is 10.1. The van der Waals surface area contributed by atoms with Crippen molar-refractivity contribution in [1.82, 2.24) is 10.2 Å². The van der Waals surface area contributed by atoms with Gasteiger partial charge in [0.15, 0.2) is 0 Å². The Hall–Kier alpha value is -1.69. The predicted molar refractivity (Wildman–Crippen MR) is 132 cm³/mol.